The molecule has 0 amide bonds. The number of cyclic esters (lactones) is 1. The number of fused-ring (bicyclic) bond motifs is 5. The molecule has 3 aromatic rings. The van der Waals surface area contributed by atoms with Crippen molar-refractivity contribution >= 4 is 16.9 Å². The molecule has 2 aromatic heterocycles. The van der Waals surface area contributed by atoms with Crippen molar-refractivity contribution in [2.75, 3.05) is 6.61 Å². The van der Waals surface area contributed by atoms with Gasteiger partial charge >= 0.3 is 5.97 Å². The van der Waals surface area contributed by atoms with Gasteiger partial charge in [-0.3, -0.25) is 4.79 Å². The zero-order valence-corrected chi connectivity index (χ0v) is 20.7. The summed E-state index contributed by atoms with van der Waals surface area (Å²) in [5.74, 6) is -1.07. The molecule has 7 nitrogen and oxygen atoms in total. The number of aromatic nitrogens is 2. The molecule has 0 saturated heterocycles. The number of ether oxygens (including phenoxy) is 1. The second kappa shape index (κ2) is 7.70. The van der Waals surface area contributed by atoms with Crippen molar-refractivity contribution < 1.29 is 24.1 Å². The van der Waals surface area contributed by atoms with E-state index >= 15 is 0 Å². The third-order valence-electron chi connectivity index (χ3n) is 8.72. The molecule has 6 rings (SSSR count). The summed E-state index contributed by atoms with van der Waals surface area (Å²) in [5, 5.41) is 21.7. The van der Waals surface area contributed by atoms with Gasteiger partial charge in [0.1, 0.15) is 12.4 Å². The first-order valence-corrected chi connectivity index (χ1v) is 12.6. The Morgan fingerprint density at radius 3 is 2.72 bits per heavy atom. The van der Waals surface area contributed by atoms with Crippen molar-refractivity contribution in [1.82, 2.24) is 9.55 Å². The van der Waals surface area contributed by atoms with Crippen LogP contribution in [0.15, 0.2) is 16.9 Å². The molecule has 0 radical (unpaired) electrons. The fourth-order valence-electron chi connectivity index (χ4n) is 6.61. The first-order chi connectivity index (χ1) is 17.1. The summed E-state index contributed by atoms with van der Waals surface area (Å²) in [6.45, 7) is 5.85. The van der Waals surface area contributed by atoms with E-state index in [9.17, 15) is 24.2 Å². The minimum atomic E-state index is -1.90. The Kier molecular flexibility index (Phi) is 4.98. The standard InChI is InChI=1S/C28H29FN2O5/c1-4-28(35)18-10-21-24-16(12-31(21)25(33)17(18)13-36-26(28)34)23-22-15(6-8-27(23,3)7-5-9-32)14(2)19(29)11-20(22)30-24/h10-11,32,35H,4-9,12-13H2,1-3H3/t27-,28-/m0/s1. The molecule has 0 saturated carbocycles. The van der Waals surface area contributed by atoms with Gasteiger partial charge in [-0.1, -0.05) is 13.8 Å². The van der Waals surface area contributed by atoms with Crippen LogP contribution in [0.4, 0.5) is 4.39 Å². The van der Waals surface area contributed by atoms with E-state index in [2.05, 4.69) is 6.92 Å². The van der Waals surface area contributed by atoms with Gasteiger partial charge in [-0.2, -0.15) is 0 Å². The fraction of sp³-hybridized carbons (Fsp3) is 0.464. The molecule has 0 bridgehead atoms. The van der Waals surface area contributed by atoms with Gasteiger partial charge in [0.05, 0.1) is 29.0 Å². The monoisotopic (exact) mass is 492 g/mol. The highest BCUT2D eigenvalue weighted by atomic mass is 19.1. The number of esters is 1. The van der Waals surface area contributed by atoms with E-state index in [0.29, 0.717) is 35.4 Å². The highest BCUT2D eigenvalue weighted by Crippen LogP contribution is 2.50. The second-order valence-corrected chi connectivity index (χ2v) is 10.7. The van der Waals surface area contributed by atoms with Crippen LogP contribution in [0, 0.1) is 12.7 Å². The lowest BCUT2D eigenvalue weighted by molar-refractivity contribution is -0.172. The van der Waals surface area contributed by atoms with Gasteiger partial charge < -0.3 is 19.5 Å². The lowest BCUT2D eigenvalue weighted by Crippen LogP contribution is -2.44. The average molecular weight is 493 g/mol. The largest absolute Gasteiger partial charge is 0.458 e. The summed E-state index contributed by atoms with van der Waals surface area (Å²) >= 11 is 0. The Balaban J connectivity index is 1.69. The first-order valence-electron chi connectivity index (χ1n) is 12.6. The number of hydrogen-bond acceptors (Lipinski definition) is 6. The third kappa shape index (κ3) is 2.88. The molecular weight excluding hydrogens is 463 g/mol. The van der Waals surface area contributed by atoms with E-state index in [-0.39, 0.29) is 47.6 Å². The van der Waals surface area contributed by atoms with Crippen molar-refractivity contribution in [1.29, 1.82) is 0 Å². The number of pyridine rings is 2. The van der Waals surface area contributed by atoms with Crippen molar-refractivity contribution in [2.24, 2.45) is 0 Å². The maximum absolute atomic E-state index is 15.0. The summed E-state index contributed by atoms with van der Waals surface area (Å²) in [5.41, 5.74) is 3.27. The van der Waals surface area contributed by atoms with E-state index in [1.807, 2.05) is 0 Å². The molecule has 4 heterocycles. The quantitative estimate of drug-likeness (QED) is 0.423. The van der Waals surface area contributed by atoms with Crippen molar-refractivity contribution in [3.05, 3.63) is 61.7 Å². The van der Waals surface area contributed by atoms with Crippen LogP contribution in [0.2, 0.25) is 0 Å². The van der Waals surface area contributed by atoms with Crippen LogP contribution < -0.4 is 5.56 Å². The normalized spacial score (nSPS) is 23.9. The van der Waals surface area contributed by atoms with Gasteiger partial charge in [0.2, 0.25) is 0 Å². The molecule has 188 valence electrons. The predicted octanol–water partition coefficient (Wildman–Crippen LogP) is 3.50. The molecule has 1 aromatic carbocycles. The molecular formula is C28H29FN2O5. The van der Waals surface area contributed by atoms with Crippen molar-refractivity contribution in [2.45, 2.75) is 77.0 Å². The Labute approximate surface area is 207 Å². The van der Waals surface area contributed by atoms with E-state index < -0.39 is 11.6 Å². The second-order valence-electron chi connectivity index (χ2n) is 10.7. The number of aliphatic hydroxyl groups is 2. The van der Waals surface area contributed by atoms with Crippen molar-refractivity contribution in [3.63, 3.8) is 0 Å². The summed E-state index contributed by atoms with van der Waals surface area (Å²) in [6, 6.07) is 3.16. The van der Waals surface area contributed by atoms with Crippen LogP contribution in [0.5, 0.6) is 0 Å². The van der Waals surface area contributed by atoms with Gasteiger partial charge in [0, 0.05) is 29.2 Å². The van der Waals surface area contributed by atoms with Gasteiger partial charge in [0.25, 0.3) is 5.56 Å². The molecule has 0 fully saturated rings. The lowest BCUT2D eigenvalue weighted by Gasteiger charge is -2.38. The number of carbonyl (C=O) groups excluding carboxylic acids is 1. The molecule has 2 N–H and O–H groups in total. The Bertz CT molecular complexity index is 1540. The molecule has 1 aliphatic carbocycles. The summed E-state index contributed by atoms with van der Waals surface area (Å²) in [6.07, 6.45) is 2.98. The number of hydrogen-bond donors (Lipinski definition) is 2. The molecule has 36 heavy (non-hydrogen) atoms. The topological polar surface area (TPSA) is 102 Å². The molecule has 0 spiro atoms. The number of aryl methyl sites for hydroxylation is 1. The summed E-state index contributed by atoms with van der Waals surface area (Å²) < 4.78 is 21.8. The van der Waals surface area contributed by atoms with Crippen LogP contribution in [0.1, 0.15) is 72.9 Å². The predicted molar refractivity (Wildman–Crippen MR) is 131 cm³/mol. The maximum Gasteiger partial charge on any atom is 0.343 e. The van der Waals surface area contributed by atoms with Gasteiger partial charge in [-0.25, -0.2) is 14.2 Å². The molecule has 3 aliphatic rings. The maximum atomic E-state index is 15.0. The number of aliphatic hydroxyl groups excluding tert-OH is 1. The smallest absolute Gasteiger partial charge is 0.343 e. The molecule has 8 heteroatoms. The van der Waals surface area contributed by atoms with Crippen LogP contribution in [0.3, 0.4) is 0 Å². The minimum Gasteiger partial charge on any atom is -0.458 e. The SMILES string of the molecule is CC[C@@]1(O)C(=O)OCc2c1cc1n(c2=O)Cc2c-1nc1cc(F)c(C)c3c1c2[C@@](C)(CCCO)CC3. The van der Waals surface area contributed by atoms with Crippen LogP contribution in [-0.2, 0) is 40.1 Å². The Morgan fingerprint density at radius 2 is 2.00 bits per heavy atom. The van der Waals surface area contributed by atoms with E-state index in [1.165, 1.54) is 6.07 Å². The van der Waals surface area contributed by atoms with Crippen LogP contribution in [0.25, 0.3) is 22.3 Å². The van der Waals surface area contributed by atoms with E-state index in [1.54, 1.807) is 24.5 Å². The fourth-order valence-corrected chi connectivity index (χ4v) is 6.61. The molecule has 2 atom stereocenters. The number of nitrogens with zero attached hydrogens (tertiary/aromatic N) is 2. The van der Waals surface area contributed by atoms with Crippen LogP contribution in [-0.4, -0.2) is 32.3 Å². The third-order valence-corrected chi connectivity index (χ3v) is 8.72. The number of benzene rings is 1. The summed E-state index contributed by atoms with van der Waals surface area (Å²) in [7, 11) is 0. The highest BCUT2D eigenvalue weighted by molar-refractivity contribution is 5.93. The average Bonchev–Trinajstić information content (AvgIpc) is 3.23. The van der Waals surface area contributed by atoms with Gasteiger partial charge in [-0.15, -0.1) is 0 Å². The van der Waals surface area contributed by atoms with E-state index in [0.717, 1.165) is 41.3 Å². The molecule has 2 aliphatic heterocycles. The molecule has 0 unspecified atom stereocenters. The zero-order chi connectivity index (χ0) is 25.6. The van der Waals surface area contributed by atoms with Crippen LogP contribution >= 0.6 is 0 Å². The zero-order valence-electron chi connectivity index (χ0n) is 20.7. The van der Waals surface area contributed by atoms with E-state index in [4.69, 9.17) is 9.72 Å². The van der Waals surface area contributed by atoms with Gasteiger partial charge in [-0.05, 0) is 67.2 Å². The Hall–Kier alpha value is -3.10. The first kappa shape index (κ1) is 23.3. The lowest BCUT2D eigenvalue weighted by atomic mass is 9.66. The number of rotatable bonds is 4. The van der Waals surface area contributed by atoms with Gasteiger partial charge in [0.15, 0.2) is 5.60 Å². The highest BCUT2D eigenvalue weighted by Gasteiger charge is 2.46. The van der Waals surface area contributed by atoms with Crippen molar-refractivity contribution in [3.8, 4) is 11.4 Å². The minimum absolute atomic E-state index is 0.0675. The number of halogens is 1. The summed E-state index contributed by atoms with van der Waals surface area (Å²) in [4.78, 5) is 31.0. The number of carbonyl (C=O) groups is 1. The Morgan fingerprint density at radius 1 is 1.22 bits per heavy atom.